The minimum Gasteiger partial charge on any atom is -0.459 e. The number of Topliss-reactive ketones (excluding diaryl/α,β-unsaturated/α-hetero) is 1. The maximum absolute atomic E-state index is 13.5. The first-order valence-corrected chi connectivity index (χ1v) is 11.6. The first-order valence-electron chi connectivity index (χ1n) is 11.6. The molecule has 1 unspecified atom stereocenters. The van der Waals surface area contributed by atoms with Crippen LogP contribution in [0.5, 0.6) is 0 Å². The van der Waals surface area contributed by atoms with Crippen LogP contribution in [-0.4, -0.2) is 34.9 Å². The lowest BCUT2D eigenvalue weighted by Crippen LogP contribution is -2.45. The molecule has 180 valence electrons. The Bertz CT molecular complexity index is 1340. The molecular formula is C28H28N2O5. The number of amides is 1. The normalized spacial score (nSPS) is 12.0. The van der Waals surface area contributed by atoms with E-state index in [0.29, 0.717) is 12.1 Å². The lowest BCUT2D eigenvalue weighted by molar-refractivity contribution is -0.145. The molecule has 4 rings (SSSR count). The van der Waals surface area contributed by atoms with Crippen LogP contribution in [0.2, 0.25) is 0 Å². The standard InChI is InChI=1S/C28H28N2O5/c1-4-30-21-14-9-8-13-20(21)24(26(30)19-11-6-5-7-12-19)22(31)17-35-28(33)25(18(2)3)29-27(32)23-15-10-16-34-23/h5-16,18,25H,4,17H2,1-3H3,(H,29,32). The minimum atomic E-state index is -0.925. The molecule has 1 N–H and O–H groups in total. The molecule has 0 radical (unpaired) electrons. The average molecular weight is 473 g/mol. The molecule has 0 bridgehead atoms. The zero-order valence-corrected chi connectivity index (χ0v) is 20.0. The Morgan fingerprint density at radius 1 is 0.971 bits per heavy atom. The number of hydrogen-bond acceptors (Lipinski definition) is 5. The van der Waals surface area contributed by atoms with Crippen LogP contribution < -0.4 is 5.32 Å². The predicted molar refractivity (Wildman–Crippen MR) is 133 cm³/mol. The van der Waals surface area contributed by atoms with Gasteiger partial charge in [-0.15, -0.1) is 0 Å². The Balaban J connectivity index is 1.60. The summed E-state index contributed by atoms with van der Waals surface area (Å²) in [5.74, 6) is -1.65. The van der Waals surface area contributed by atoms with Crippen LogP contribution in [0.1, 0.15) is 41.7 Å². The highest BCUT2D eigenvalue weighted by Crippen LogP contribution is 2.34. The third-order valence-electron chi connectivity index (χ3n) is 5.91. The molecule has 7 nitrogen and oxygen atoms in total. The fraction of sp³-hybridized carbons (Fsp3) is 0.250. The number of nitrogens with one attached hydrogen (secondary N) is 1. The van der Waals surface area contributed by atoms with Gasteiger partial charge in [-0.3, -0.25) is 9.59 Å². The minimum absolute atomic E-state index is 0.0967. The van der Waals surface area contributed by atoms with Crippen LogP contribution in [-0.2, 0) is 16.1 Å². The van der Waals surface area contributed by atoms with E-state index in [1.54, 1.807) is 19.9 Å². The highest BCUT2D eigenvalue weighted by molar-refractivity contribution is 6.14. The number of aryl methyl sites for hydroxylation is 1. The zero-order valence-electron chi connectivity index (χ0n) is 20.0. The summed E-state index contributed by atoms with van der Waals surface area (Å²) in [5.41, 5.74) is 3.16. The van der Waals surface area contributed by atoms with Gasteiger partial charge in [-0.05, 0) is 36.6 Å². The summed E-state index contributed by atoms with van der Waals surface area (Å²) in [5, 5.41) is 3.45. The van der Waals surface area contributed by atoms with Gasteiger partial charge in [-0.2, -0.15) is 0 Å². The molecule has 2 aromatic heterocycles. The number of esters is 1. The maximum atomic E-state index is 13.5. The van der Waals surface area contributed by atoms with E-state index in [-0.39, 0.29) is 17.5 Å². The van der Waals surface area contributed by atoms with Gasteiger partial charge in [0.15, 0.2) is 12.4 Å². The topological polar surface area (TPSA) is 90.5 Å². The second-order valence-electron chi connectivity index (χ2n) is 8.55. The monoisotopic (exact) mass is 472 g/mol. The first kappa shape index (κ1) is 24.0. The van der Waals surface area contributed by atoms with E-state index in [2.05, 4.69) is 9.88 Å². The molecule has 0 aliphatic carbocycles. The Kier molecular flexibility index (Phi) is 7.15. The number of carbonyl (C=O) groups is 3. The number of furan rings is 1. The largest absolute Gasteiger partial charge is 0.459 e. The van der Waals surface area contributed by atoms with Gasteiger partial charge in [0.05, 0.1) is 17.5 Å². The molecule has 0 saturated carbocycles. The molecule has 1 atom stereocenters. The molecular weight excluding hydrogens is 444 g/mol. The summed E-state index contributed by atoms with van der Waals surface area (Å²) in [6.45, 7) is 5.85. The quantitative estimate of drug-likeness (QED) is 0.270. The summed E-state index contributed by atoms with van der Waals surface area (Å²) >= 11 is 0. The van der Waals surface area contributed by atoms with Gasteiger partial charge in [0.25, 0.3) is 5.91 Å². The highest BCUT2D eigenvalue weighted by atomic mass is 16.5. The van der Waals surface area contributed by atoms with Gasteiger partial charge < -0.3 is 19.0 Å². The van der Waals surface area contributed by atoms with E-state index in [4.69, 9.17) is 9.15 Å². The van der Waals surface area contributed by atoms with Crippen LogP contribution in [0.25, 0.3) is 22.2 Å². The average Bonchev–Trinajstić information content (AvgIpc) is 3.52. The van der Waals surface area contributed by atoms with Gasteiger partial charge in [-0.25, -0.2) is 4.79 Å². The molecule has 0 saturated heterocycles. The number of benzene rings is 2. The van der Waals surface area contributed by atoms with Crippen LogP contribution in [0.15, 0.2) is 77.4 Å². The number of nitrogens with zero attached hydrogens (tertiary/aromatic N) is 1. The van der Waals surface area contributed by atoms with Crippen molar-refractivity contribution in [3.8, 4) is 11.3 Å². The van der Waals surface area contributed by atoms with Gasteiger partial charge >= 0.3 is 5.97 Å². The molecule has 35 heavy (non-hydrogen) atoms. The van der Waals surface area contributed by atoms with Crippen molar-refractivity contribution in [1.29, 1.82) is 0 Å². The number of para-hydroxylation sites is 1. The fourth-order valence-corrected chi connectivity index (χ4v) is 4.23. The van der Waals surface area contributed by atoms with Gasteiger partial charge in [0.2, 0.25) is 5.78 Å². The zero-order chi connectivity index (χ0) is 24.9. The molecule has 2 aromatic carbocycles. The van der Waals surface area contributed by atoms with Crippen molar-refractivity contribution in [2.24, 2.45) is 5.92 Å². The fourth-order valence-electron chi connectivity index (χ4n) is 4.23. The first-order chi connectivity index (χ1) is 16.9. The van der Waals surface area contributed by atoms with Crippen molar-refractivity contribution in [2.45, 2.75) is 33.4 Å². The van der Waals surface area contributed by atoms with E-state index >= 15 is 0 Å². The lowest BCUT2D eigenvalue weighted by atomic mass is 10.0. The lowest BCUT2D eigenvalue weighted by Gasteiger charge is -2.20. The van der Waals surface area contributed by atoms with Crippen molar-refractivity contribution in [2.75, 3.05) is 6.61 Å². The van der Waals surface area contributed by atoms with E-state index in [0.717, 1.165) is 22.2 Å². The van der Waals surface area contributed by atoms with Crippen LogP contribution in [0.3, 0.4) is 0 Å². The summed E-state index contributed by atoms with van der Waals surface area (Å²) in [7, 11) is 0. The number of fused-ring (bicyclic) bond motifs is 1. The number of carbonyl (C=O) groups excluding carboxylic acids is 3. The second kappa shape index (κ2) is 10.4. The molecule has 0 aliphatic rings. The van der Waals surface area contributed by atoms with Gasteiger partial charge in [-0.1, -0.05) is 62.4 Å². The summed E-state index contributed by atoms with van der Waals surface area (Å²) in [4.78, 5) is 38.8. The number of ketones is 1. The highest BCUT2D eigenvalue weighted by Gasteiger charge is 2.29. The molecule has 7 heteroatoms. The second-order valence-corrected chi connectivity index (χ2v) is 8.55. The summed E-state index contributed by atoms with van der Waals surface area (Å²) in [6, 6.07) is 19.6. The van der Waals surface area contributed by atoms with Crippen molar-refractivity contribution >= 4 is 28.6 Å². The van der Waals surface area contributed by atoms with Crippen LogP contribution in [0, 0.1) is 5.92 Å². The predicted octanol–water partition coefficient (Wildman–Crippen LogP) is 5.10. The summed E-state index contributed by atoms with van der Waals surface area (Å²) < 4.78 is 12.6. The maximum Gasteiger partial charge on any atom is 0.329 e. The third-order valence-corrected chi connectivity index (χ3v) is 5.91. The Morgan fingerprint density at radius 2 is 1.69 bits per heavy atom. The van der Waals surface area contributed by atoms with Crippen LogP contribution in [0.4, 0.5) is 0 Å². The van der Waals surface area contributed by atoms with Crippen molar-refractivity contribution in [3.05, 3.63) is 84.3 Å². The molecule has 4 aromatic rings. The van der Waals surface area contributed by atoms with Gasteiger partial charge in [0, 0.05) is 17.4 Å². The van der Waals surface area contributed by atoms with E-state index in [9.17, 15) is 14.4 Å². The SMILES string of the molecule is CCn1c(-c2ccccc2)c(C(=O)COC(=O)C(NC(=O)c2ccco2)C(C)C)c2ccccc21. The smallest absolute Gasteiger partial charge is 0.329 e. The van der Waals surface area contributed by atoms with E-state index < -0.39 is 24.5 Å². The Labute approximate surface area is 203 Å². The number of ether oxygens (including phenoxy) is 1. The Morgan fingerprint density at radius 3 is 2.34 bits per heavy atom. The molecule has 0 aliphatic heterocycles. The summed E-state index contributed by atoms with van der Waals surface area (Å²) in [6.07, 6.45) is 1.38. The van der Waals surface area contributed by atoms with Crippen molar-refractivity contribution in [3.63, 3.8) is 0 Å². The number of hydrogen-bond donors (Lipinski definition) is 1. The van der Waals surface area contributed by atoms with Crippen molar-refractivity contribution < 1.29 is 23.5 Å². The molecule has 1 amide bonds. The van der Waals surface area contributed by atoms with Gasteiger partial charge in [0.1, 0.15) is 6.04 Å². The van der Waals surface area contributed by atoms with E-state index in [1.807, 2.05) is 61.5 Å². The van der Waals surface area contributed by atoms with Crippen LogP contribution >= 0.6 is 0 Å². The molecule has 2 heterocycles. The Hall–Kier alpha value is -4.13. The molecule has 0 spiro atoms. The van der Waals surface area contributed by atoms with Crippen molar-refractivity contribution in [1.82, 2.24) is 9.88 Å². The third kappa shape index (κ3) is 4.89. The number of aromatic nitrogens is 1. The molecule has 0 fully saturated rings. The number of rotatable bonds is 9. The van der Waals surface area contributed by atoms with E-state index in [1.165, 1.54) is 12.3 Å².